The number of carbonyl (C=O) groups is 1. The monoisotopic (exact) mass is 470 g/mol. The lowest BCUT2D eigenvalue weighted by atomic mass is 10.1. The third-order valence-electron chi connectivity index (χ3n) is 6.73. The minimum Gasteiger partial charge on any atom is -0.496 e. The molecule has 178 valence electrons. The number of nitrogen functional groups attached to an aromatic ring is 1. The van der Waals surface area contributed by atoms with Crippen LogP contribution in [0.25, 0.3) is 21.7 Å². The Labute approximate surface area is 202 Å². The molecule has 1 aliphatic heterocycles. The van der Waals surface area contributed by atoms with E-state index in [0.29, 0.717) is 41.3 Å². The van der Waals surface area contributed by atoms with Crippen LogP contribution in [0.2, 0.25) is 0 Å². The number of carbonyl (C=O) groups excluding carboxylic acids is 1. The van der Waals surface area contributed by atoms with Crippen LogP contribution >= 0.6 is 0 Å². The summed E-state index contributed by atoms with van der Waals surface area (Å²) in [7, 11) is 1.62. The first kappa shape index (κ1) is 22.4. The van der Waals surface area contributed by atoms with Crippen LogP contribution in [-0.4, -0.2) is 48.8 Å². The molecule has 0 unspecified atom stereocenters. The smallest absolute Gasteiger partial charge is 0.260 e. The molecule has 0 fully saturated rings. The Bertz CT molecular complexity index is 1560. The van der Waals surface area contributed by atoms with E-state index in [1.165, 1.54) is 0 Å². The largest absolute Gasteiger partial charge is 0.496 e. The van der Waals surface area contributed by atoms with E-state index in [-0.39, 0.29) is 18.3 Å². The number of hydrogen-bond acceptors (Lipinski definition) is 6. The van der Waals surface area contributed by atoms with Gasteiger partial charge in [0.25, 0.3) is 5.91 Å². The molecule has 1 aliphatic rings. The van der Waals surface area contributed by atoms with Crippen molar-refractivity contribution in [2.75, 3.05) is 19.4 Å². The lowest BCUT2D eigenvalue weighted by Gasteiger charge is -2.28. The number of benzene rings is 1. The average molecular weight is 471 g/mol. The summed E-state index contributed by atoms with van der Waals surface area (Å²) >= 11 is 0. The summed E-state index contributed by atoms with van der Waals surface area (Å²) in [6.45, 7) is 16.3. The van der Waals surface area contributed by atoms with Crippen molar-refractivity contribution in [2.24, 2.45) is 0 Å². The summed E-state index contributed by atoms with van der Waals surface area (Å²) in [5, 5.41) is 4.26. The van der Waals surface area contributed by atoms with Crippen molar-refractivity contribution in [1.29, 1.82) is 0 Å². The summed E-state index contributed by atoms with van der Waals surface area (Å²) < 4.78 is 9.15. The molecule has 35 heavy (non-hydrogen) atoms. The van der Waals surface area contributed by atoms with Gasteiger partial charge in [0.05, 0.1) is 55.7 Å². The maximum absolute atomic E-state index is 13.9. The van der Waals surface area contributed by atoms with E-state index in [2.05, 4.69) is 9.94 Å². The van der Waals surface area contributed by atoms with Crippen LogP contribution in [0.3, 0.4) is 0 Å². The fraction of sp³-hybridized carbons (Fsp3) is 0.320. The van der Waals surface area contributed by atoms with E-state index in [1.54, 1.807) is 22.9 Å². The molecule has 0 spiro atoms. The van der Waals surface area contributed by atoms with Gasteiger partial charge in [-0.3, -0.25) is 14.0 Å². The Hall–Kier alpha value is -4.39. The van der Waals surface area contributed by atoms with Gasteiger partial charge in [0.1, 0.15) is 22.6 Å². The SMILES string of the molecule is [C-]#[N+]c1cnn2c1CN(C(=O)c1c(N)n(-c3c(C)ccc(OC)c3C)c3nc(C)c(C)nc13)CC2. The molecule has 1 aromatic carbocycles. The molecular weight excluding hydrogens is 444 g/mol. The Morgan fingerprint density at radius 1 is 1.14 bits per heavy atom. The van der Waals surface area contributed by atoms with Gasteiger partial charge >= 0.3 is 0 Å². The molecule has 5 rings (SSSR count). The molecule has 0 radical (unpaired) electrons. The lowest BCUT2D eigenvalue weighted by molar-refractivity contribution is 0.0709. The zero-order valence-corrected chi connectivity index (χ0v) is 20.4. The Kier molecular flexibility index (Phi) is 5.20. The first-order chi connectivity index (χ1) is 16.8. The summed E-state index contributed by atoms with van der Waals surface area (Å²) in [6.07, 6.45) is 1.54. The Morgan fingerprint density at radius 3 is 2.60 bits per heavy atom. The molecule has 4 heterocycles. The number of methoxy groups -OCH3 is 1. The zero-order chi connectivity index (χ0) is 25.0. The third kappa shape index (κ3) is 3.31. The van der Waals surface area contributed by atoms with Crippen LogP contribution < -0.4 is 10.5 Å². The van der Waals surface area contributed by atoms with E-state index < -0.39 is 0 Å². The Morgan fingerprint density at radius 2 is 1.89 bits per heavy atom. The molecule has 10 nitrogen and oxygen atoms in total. The zero-order valence-electron chi connectivity index (χ0n) is 20.4. The number of aryl methyl sites for hydroxylation is 3. The summed E-state index contributed by atoms with van der Waals surface area (Å²) in [5.74, 6) is 0.747. The van der Waals surface area contributed by atoms with E-state index >= 15 is 0 Å². The van der Waals surface area contributed by atoms with Gasteiger partial charge in [-0.15, -0.1) is 0 Å². The summed E-state index contributed by atoms with van der Waals surface area (Å²) in [5.41, 5.74) is 13.4. The van der Waals surface area contributed by atoms with Gasteiger partial charge in [0.15, 0.2) is 5.65 Å². The normalized spacial score (nSPS) is 13.1. The van der Waals surface area contributed by atoms with E-state index in [0.717, 1.165) is 33.9 Å². The molecule has 0 saturated carbocycles. The lowest BCUT2D eigenvalue weighted by Crippen LogP contribution is -2.38. The van der Waals surface area contributed by atoms with Crippen molar-refractivity contribution in [2.45, 2.75) is 40.8 Å². The van der Waals surface area contributed by atoms with Gasteiger partial charge in [-0.05, 0) is 39.3 Å². The van der Waals surface area contributed by atoms with Crippen LogP contribution in [0, 0.1) is 34.3 Å². The number of fused-ring (bicyclic) bond motifs is 2. The predicted octanol–water partition coefficient (Wildman–Crippen LogP) is 3.65. The highest BCUT2D eigenvalue weighted by molar-refractivity contribution is 6.10. The molecule has 2 N–H and O–H groups in total. The number of hydrogen-bond donors (Lipinski definition) is 1. The highest BCUT2D eigenvalue weighted by Gasteiger charge is 2.32. The number of aromatic nitrogens is 5. The second-order valence-electron chi connectivity index (χ2n) is 8.76. The van der Waals surface area contributed by atoms with Crippen molar-refractivity contribution in [3.05, 3.63) is 63.5 Å². The average Bonchev–Trinajstić information content (AvgIpc) is 3.37. The van der Waals surface area contributed by atoms with Gasteiger partial charge < -0.3 is 15.4 Å². The molecule has 10 heteroatoms. The van der Waals surface area contributed by atoms with Gasteiger partial charge in [0.2, 0.25) is 5.69 Å². The maximum Gasteiger partial charge on any atom is 0.260 e. The highest BCUT2D eigenvalue weighted by Crippen LogP contribution is 2.37. The standard InChI is InChI=1S/C25H26N8O2/c1-13-7-8-19(35-6)14(2)22(13)33-23(26)20(21-24(33)30-16(4)15(3)29-21)25(34)31-9-10-32-18(12-31)17(27-5)11-28-32/h7-8,11H,9-10,12,26H2,1-4,6H3. The van der Waals surface area contributed by atoms with Crippen LogP contribution in [0.5, 0.6) is 5.75 Å². The van der Waals surface area contributed by atoms with E-state index in [4.69, 9.17) is 27.0 Å². The van der Waals surface area contributed by atoms with Crippen molar-refractivity contribution in [3.8, 4) is 11.4 Å². The van der Waals surface area contributed by atoms with Gasteiger partial charge in [-0.2, -0.15) is 5.10 Å². The van der Waals surface area contributed by atoms with Crippen LogP contribution in [0.1, 0.15) is 38.6 Å². The summed E-state index contributed by atoms with van der Waals surface area (Å²) in [4.78, 5) is 28.7. The number of nitrogens with two attached hydrogens (primary N) is 1. The number of anilines is 1. The van der Waals surface area contributed by atoms with Crippen molar-refractivity contribution in [1.82, 2.24) is 29.2 Å². The number of nitrogens with zero attached hydrogens (tertiary/aromatic N) is 7. The van der Waals surface area contributed by atoms with Crippen molar-refractivity contribution < 1.29 is 9.53 Å². The second-order valence-corrected chi connectivity index (χ2v) is 8.76. The maximum atomic E-state index is 13.9. The second kappa shape index (κ2) is 8.13. The van der Waals surface area contributed by atoms with Crippen molar-refractivity contribution in [3.63, 3.8) is 0 Å². The van der Waals surface area contributed by atoms with Gasteiger partial charge in [-0.1, -0.05) is 6.07 Å². The highest BCUT2D eigenvalue weighted by atomic mass is 16.5. The minimum atomic E-state index is -0.245. The minimum absolute atomic E-state index is 0.245. The fourth-order valence-corrected chi connectivity index (χ4v) is 4.74. The molecular formula is C25H26N8O2. The van der Waals surface area contributed by atoms with Gasteiger partial charge in [-0.25, -0.2) is 14.8 Å². The third-order valence-corrected chi connectivity index (χ3v) is 6.73. The topological polar surface area (TPSA) is 108 Å². The van der Waals surface area contributed by atoms with E-state index in [1.807, 2.05) is 44.4 Å². The molecule has 3 aromatic heterocycles. The molecule has 1 amide bonds. The molecule has 0 saturated heterocycles. The van der Waals surface area contributed by atoms with Crippen molar-refractivity contribution >= 4 is 28.6 Å². The Balaban J connectivity index is 1.73. The van der Waals surface area contributed by atoms with Crippen LogP contribution in [-0.2, 0) is 13.1 Å². The first-order valence-electron chi connectivity index (χ1n) is 11.3. The number of rotatable bonds is 3. The molecule has 0 atom stereocenters. The molecule has 4 aromatic rings. The van der Waals surface area contributed by atoms with E-state index in [9.17, 15) is 4.79 Å². The molecule has 0 bridgehead atoms. The predicted molar refractivity (Wildman–Crippen MR) is 132 cm³/mol. The first-order valence-corrected chi connectivity index (χ1v) is 11.3. The molecule has 0 aliphatic carbocycles. The number of ether oxygens (including phenoxy) is 1. The van der Waals surface area contributed by atoms with Crippen LogP contribution in [0.4, 0.5) is 11.5 Å². The van der Waals surface area contributed by atoms with Gasteiger partial charge in [0, 0.05) is 12.1 Å². The fourth-order valence-electron chi connectivity index (χ4n) is 4.74. The quantitative estimate of drug-likeness (QED) is 0.458. The summed E-state index contributed by atoms with van der Waals surface area (Å²) in [6, 6.07) is 3.87. The number of amides is 1. The van der Waals surface area contributed by atoms with Crippen LogP contribution in [0.15, 0.2) is 18.3 Å².